The van der Waals surface area contributed by atoms with Gasteiger partial charge in [0, 0.05) is 11.3 Å². The van der Waals surface area contributed by atoms with Crippen LogP contribution < -0.4 is 10.5 Å². The molecule has 0 fully saturated rings. The molecule has 0 spiro atoms. The van der Waals surface area contributed by atoms with E-state index < -0.39 is 17.2 Å². The lowest BCUT2D eigenvalue weighted by atomic mass is 10.1. The summed E-state index contributed by atoms with van der Waals surface area (Å²) in [5.74, 6) is -0.596. The number of hydrogen-bond donors (Lipinski definition) is 3. The fourth-order valence-electron chi connectivity index (χ4n) is 0.983. The van der Waals surface area contributed by atoms with Gasteiger partial charge in [0.05, 0.1) is 0 Å². The Morgan fingerprint density at radius 3 is 2.33 bits per heavy atom. The Morgan fingerprint density at radius 2 is 1.93 bits per heavy atom. The normalized spacial score (nSPS) is 11.8. The number of benzene rings is 1. The van der Waals surface area contributed by atoms with Crippen molar-refractivity contribution in [3.05, 3.63) is 36.4 Å². The third-order valence-electron chi connectivity index (χ3n) is 1.74. The highest BCUT2D eigenvalue weighted by Crippen LogP contribution is 2.15. The quantitative estimate of drug-likeness (QED) is 0.522. The number of nitrogens with two attached hydrogens (primary N) is 1. The van der Waals surface area contributed by atoms with E-state index in [1.165, 1.54) is 0 Å². The average Bonchev–Trinajstić information content (AvgIpc) is 2.17. The van der Waals surface area contributed by atoms with Gasteiger partial charge in [-0.2, -0.15) is 0 Å². The maximum atomic E-state index is 10.8. The van der Waals surface area contributed by atoms with Crippen molar-refractivity contribution in [3.63, 3.8) is 0 Å². The number of carbonyl (C=O) groups excluding carboxylic acids is 1. The second-order valence-electron chi connectivity index (χ2n) is 2.77. The van der Waals surface area contributed by atoms with Crippen LogP contribution in [0.15, 0.2) is 30.8 Å². The number of nitrogens with one attached hydrogen (secondary N) is 1. The molecule has 0 saturated heterocycles. The summed E-state index contributed by atoms with van der Waals surface area (Å²) >= 11 is -2.11. The zero-order valence-electron chi connectivity index (χ0n) is 7.77. The number of rotatable bonds is 4. The van der Waals surface area contributed by atoms with Gasteiger partial charge in [-0.25, -0.2) is 4.21 Å². The van der Waals surface area contributed by atoms with Crippen LogP contribution in [0.4, 0.5) is 5.69 Å². The molecular weight excluding hydrogens is 216 g/mol. The Balaban J connectivity index is 2.85. The molecule has 1 unspecified atom stereocenters. The summed E-state index contributed by atoms with van der Waals surface area (Å²) in [5, 5.41) is 0. The zero-order chi connectivity index (χ0) is 11.4. The van der Waals surface area contributed by atoms with Gasteiger partial charge < -0.3 is 5.73 Å². The van der Waals surface area contributed by atoms with Crippen LogP contribution in [-0.4, -0.2) is 14.7 Å². The summed E-state index contributed by atoms with van der Waals surface area (Å²) in [7, 11) is 0. The first-order valence-electron chi connectivity index (χ1n) is 3.97. The molecule has 0 aliphatic heterocycles. The molecule has 0 aliphatic rings. The molecular formula is C9H10N2O3S. The van der Waals surface area contributed by atoms with Crippen LogP contribution in [0.25, 0.3) is 5.57 Å². The standard InChI is InChI=1S/C9H10N2O3S/c1-6(9(10)12)7-2-4-8(5-3-7)11-15(13)14/h2-5,11H,1H2,(H2,10,12)(H,13,14). The Morgan fingerprint density at radius 1 is 1.40 bits per heavy atom. The highest BCUT2D eigenvalue weighted by atomic mass is 32.2. The van der Waals surface area contributed by atoms with Crippen molar-refractivity contribution in [1.29, 1.82) is 0 Å². The summed E-state index contributed by atoms with van der Waals surface area (Å²) in [6, 6.07) is 6.28. The zero-order valence-corrected chi connectivity index (χ0v) is 8.58. The van der Waals surface area contributed by atoms with Crippen molar-refractivity contribution >= 4 is 28.4 Å². The molecule has 1 aromatic rings. The van der Waals surface area contributed by atoms with Gasteiger partial charge in [0.25, 0.3) is 11.3 Å². The van der Waals surface area contributed by atoms with Crippen molar-refractivity contribution in [2.45, 2.75) is 0 Å². The molecule has 4 N–H and O–H groups in total. The molecule has 80 valence electrons. The maximum Gasteiger partial charge on any atom is 0.259 e. The highest BCUT2D eigenvalue weighted by molar-refractivity contribution is 7.80. The van der Waals surface area contributed by atoms with Crippen LogP contribution in [0.2, 0.25) is 0 Å². The van der Waals surface area contributed by atoms with Crippen molar-refractivity contribution in [2.24, 2.45) is 5.73 Å². The predicted octanol–water partition coefficient (Wildman–Crippen LogP) is 0.734. The molecule has 1 aromatic carbocycles. The summed E-state index contributed by atoms with van der Waals surface area (Å²) in [6.07, 6.45) is 0. The van der Waals surface area contributed by atoms with Crippen LogP contribution in [0, 0.1) is 0 Å². The van der Waals surface area contributed by atoms with E-state index in [0.29, 0.717) is 11.3 Å². The molecule has 0 bridgehead atoms. The second-order valence-corrected chi connectivity index (χ2v) is 3.47. The number of carbonyl (C=O) groups is 1. The molecule has 0 heterocycles. The molecule has 0 saturated carbocycles. The smallest absolute Gasteiger partial charge is 0.259 e. The third kappa shape index (κ3) is 3.19. The van der Waals surface area contributed by atoms with Gasteiger partial charge in [0.2, 0.25) is 5.91 Å². The molecule has 6 heteroatoms. The summed E-state index contributed by atoms with van der Waals surface area (Å²) < 4.78 is 21.2. The Bertz CT molecular complexity index is 414. The van der Waals surface area contributed by atoms with Crippen molar-refractivity contribution in [2.75, 3.05) is 4.72 Å². The molecule has 0 radical (unpaired) electrons. The second kappa shape index (κ2) is 4.72. The fraction of sp³-hybridized carbons (Fsp3) is 0. The first-order chi connectivity index (χ1) is 7.00. The van der Waals surface area contributed by atoms with Gasteiger partial charge >= 0.3 is 0 Å². The molecule has 0 aromatic heterocycles. The fourth-order valence-corrected chi connectivity index (χ4v) is 1.32. The number of primary amides is 1. The van der Waals surface area contributed by atoms with Gasteiger partial charge in [0.15, 0.2) is 0 Å². The minimum Gasteiger partial charge on any atom is -0.366 e. The Hall–Kier alpha value is -1.66. The first-order valence-corrected chi connectivity index (χ1v) is 5.08. The minimum atomic E-state index is -2.11. The van der Waals surface area contributed by atoms with E-state index in [9.17, 15) is 9.00 Å². The van der Waals surface area contributed by atoms with Gasteiger partial charge in [-0.05, 0) is 17.7 Å². The van der Waals surface area contributed by atoms with E-state index in [2.05, 4.69) is 11.3 Å². The predicted molar refractivity (Wildman–Crippen MR) is 59.1 cm³/mol. The lowest BCUT2D eigenvalue weighted by Gasteiger charge is -2.04. The molecule has 0 aliphatic carbocycles. The van der Waals surface area contributed by atoms with Crippen LogP contribution in [-0.2, 0) is 16.1 Å². The van der Waals surface area contributed by atoms with E-state index in [0.717, 1.165) is 0 Å². The molecule has 1 rings (SSSR count). The summed E-state index contributed by atoms with van der Waals surface area (Å²) in [5.41, 5.74) is 6.29. The summed E-state index contributed by atoms with van der Waals surface area (Å²) in [4.78, 5) is 10.8. The SMILES string of the molecule is C=C(C(N)=O)c1ccc(NS(=O)O)cc1. The maximum absolute atomic E-state index is 10.8. The van der Waals surface area contributed by atoms with Crippen molar-refractivity contribution in [1.82, 2.24) is 0 Å². The number of anilines is 1. The number of amides is 1. The van der Waals surface area contributed by atoms with Crippen LogP contribution >= 0.6 is 0 Å². The third-order valence-corrected chi connectivity index (χ3v) is 2.15. The van der Waals surface area contributed by atoms with Crippen LogP contribution in [0.3, 0.4) is 0 Å². The largest absolute Gasteiger partial charge is 0.366 e. The minimum absolute atomic E-state index is 0.201. The van der Waals surface area contributed by atoms with Crippen LogP contribution in [0.1, 0.15) is 5.56 Å². The number of hydrogen-bond acceptors (Lipinski definition) is 2. The highest BCUT2D eigenvalue weighted by Gasteiger charge is 2.04. The van der Waals surface area contributed by atoms with Gasteiger partial charge in [-0.1, -0.05) is 18.7 Å². The Labute approximate surface area is 89.4 Å². The first kappa shape index (κ1) is 11.4. The van der Waals surface area contributed by atoms with E-state index in [1.54, 1.807) is 24.3 Å². The molecule has 1 amide bonds. The topological polar surface area (TPSA) is 92.4 Å². The van der Waals surface area contributed by atoms with Crippen molar-refractivity contribution < 1.29 is 13.6 Å². The monoisotopic (exact) mass is 226 g/mol. The van der Waals surface area contributed by atoms with Gasteiger partial charge in [-0.3, -0.25) is 14.1 Å². The lowest BCUT2D eigenvalue weighted by Crippen LogP contribution is -2.11. The van der Waals surface area contributed by atoms with Gasteiger partial charge in [0.1, 0.15) is 0 Å². The van der Waals surface area contributed by atoms with E-state index in [-0.39, 0.29) is 5.57 Å². The van der Waals surface area contributed by atoms with E-state index in [1.807, 2.05) is 0 Å². The molecule has 5 nitrogen and oxygen atoms in total. The van der Waals surface area contributed by atoms with E-state index in [4.69, 9.17) is 10.3 Å². The molecule has 1 atom stereocenters. The van der Waals surface area contributed by atoms with E-state index >= 15 is 0 Å². The lowest BCUT2D eigenvalue weighted by molar-refractivity contribution is -0.112. The van der Waals surface area contributed by atoms with Crippen LogP contribution in [0.5, 0.6) is 0 Å². The summed E-state index contributed by atoms with van der Waals surface area (Å²) in [6.45, 7) is 3.51. The van der Waals surface area contributed by atoms with Crippen molar-refractivity contribution in [3.8, 4) is 0 Å². The molecule has 15 heavy (non-hydrogen) atoms. The van der Waals surface area contributed by atoms with Gasteiger partial charge in [-0.15, -0.1) is 0 Å². The average molecular weight is 226 g/mol. The Kier molecular flexibility index (Phi) is 3.59.